The van der Waals surface area contributed by atoms with E-state index in [2.05, 4.69) is 68.3 Å². The molecule has 11 heteroatoms. The number of fused-ring (bicyclic) bond motifs is 1. The molecule has 1 saturated carbocycles. The molecule has 4 aromatic rings. The van der Waals surface area contributed by atoms with Crippen LogP contribution in [0.3, 0.4) is 0 Å². The van der Waals surface area contributed by atoms with Crippen molar-refractivity contribution in [2.24, 2.45) is 5.41 Å². The number of anilines is 2. The topological polar surface area (TPSA) is 99.1 Å². The molecule has 1 spiro atoms. The van der Waals surface area contributed by atoms with E-state index in [0.717, 1.165) is 102 Å². The van der Waals surface area contributed by atoms with Gasteiger partial charge in [0.05, 0.1) is 46.4 Å². The Kier molecular flexibility index (Phi) is 6.54. The Balaban J connectivity index is 1.30. The molecule has 224 valence electrons. The van der Waals surface area contributed by atoms with Crippen molar-refractivity contribution in [1.82, 2.24) is 35.1 Å². The number of aryl methyl sites for hydroxylation is 1. The van der Waals surface area contributed by atoms with Crippen LogP contribution in [0.4, 0.5) is 11.5 Å². The van der Waals surface area contributed by atoms with Crippen molar-refractivity contribution in [1.29, 1.82) is 0 Å². The molecule has 1 atom stereocenters. The molecular weight excluding hydrogens is 562 g/mol. The van der Waals surface area contributed by atoms with E-state index in [1.165, 1.54) is 6.08 Å². The number of likely N-dealkylation sites (tertiary alicyclic amines) is 1. The van der Waals surface area contributed by atoms with E-state index in [1.54, 1.807) is 6.20 Å². The molecule has 3 fully saturated rings. The summed E-state index contributed by atoms with van der Waals surface area (Å²) in [5.74, 6) is 0.995. The first kappa shape index (κ1) is 27.9. The van der Waals surface area contributed by atoms with Crippen LogP contribution in [0.1, 0.15) is 50.4 Å². The highest BCUT2D eigenvalue weighted by atomic mass is 35.5. The highest BCUT2D eigenvalue weighted by Crippen LogP contribution is 2.56. The van der Waals surface area contributed by atoms with Crippen molar-refractivity contribution in [2.45, 2.75) is 58.5 Å². The standard InChI is InChI=1S/C32H38ClN9O/c1-6-26(43)40-18-32(19-40)13-23(14-32)42-21(4)27(28-24-16-36-37-25(24)12-20(3)29(28)33)30(38-42)41-11-10-39(17-31(41,5)7-2)22-8-9-34-35-15-22/h6,8-9,12,15-16,23H,1,7,10-11,13-14,17-19H2,2-5H3,(H,36,37). The zero-order valence-electron chi connectivity index (χ0n) is 25.3. The van der Waals surface area contributed by atoms with Crippen molar-refractivity contribution in [3.05, 3.63) is 59.7 Å². The van der Waals surface area contributed by atoms with E-state index in [0.29, 0.717) is 0 Å². The lowest BCUT2D eigenvalue weighted by Gasteiger charge is -2.58. The largest absolute Gasteiger partial charge is 0.366 e. The lowest BCUT2D eigenvalue weighted by molar-refractivity contribution is -0.149. The molecule has 0 radical (unpaired) electrons. The predicted octanol–water partition coefficient (Wildman–Crippen LogP) is 5.33. The second-order valence-electron chi connectivity index (χ2n) is 12.9. The number of aromatic amines is 1. The lowest BCUT2D eigenvalue weighted by Crippen LogP contribution is -2.63. The Morgan fingerprint density at radius 1 is 1.16 bits per heavy atom. The van der Waals surface area contributed by atoms with Gasteiger partial charge < -0.3 is 14.7 Å². The van der Waals surface area contributed by atoms with Gasteiger partial charge in [-0.15, -0.1) is 0 Å². The van der Waals surface area contributed by atoms with Crippen LogP contribution in [-0.4, -0.2) is 79.2 Å². The third-order valence-electron chi connectivity index (χ3n) is 10.2. The number of hydrogen-bond acceptors (Lipinski definition) is 7. The number of amides is 1. The number of nitrogens with one attached hydrogen (secondary N) is 1. The minimum absolute atomic E-state index is 0.0210. The maximum Gasteiger partial charge on any atom is 0.245 e. The Morgan fingerprint density at radius 2 is 1.95 bits per heavy atom. The number of piperazine rings is 1. The van der Waals surface area contributed by atoms with E-state index in [4.69, 9.17) is 16.7 Å². The Labute approximate surface area is 256 Å². The van der Waals surface area contributed by atoms with Crippen LogP contribution in [0.5, 0.6) is 0 Å². The summed E-state index contributed by atoms with van der Waals surface area (Å²) in [5.41, 5.74) is 6.23. The summed E-state index contributed by atoms with van der Waals surface area (Å²) in [5, 5.41) is 22.8. The third-order valence-corrected chi connectivity index (χ3v) is 10.7. The molecule has 2 saturated heterocycles. The van der Waals surface area contributed by atoms with Crippen LogP contribution >= 0.6 is 11.6 Å². The van der Waals surface area contributed by atoms with Crippen LogP contribution in [0.15, 0.2) is 43.4 Å². The summed E-state index contributed by atoms with van der Waals surface area (Å²) in [7, 11) is 0. The van der Waals surface area contributed by atoms with Crippen molar-refractivity contribution >= 4 is 39.9 Å². The molecule has 1 unspecified atom stereocenters. The van der Waals surface area contributed by atoms with Gasteiger partial charge >= 0.3 is 0 Å². The molecule has 43 heavy (non-hydrogen) atoms. The number of nitrogens with zero attached hydrogens (tertiary/aromatic N) is 8. The van der Waals surface area contributed by atoms with Crippen LogP contribution < -0.4 is 9.80 Å². The second-order valence-corrected chi connectivity index (χ2v) is 13.3. The molecule has 2 aliphatic heterocycles. The van der Waals surface area contributed by atoms with Gasteiger partial charge in [-0.05, 0) is 63.8 Å². The number of carbonyl (C=O) groups excluding carboxylic acids is 1. The molecule has 3 aromatic heterocycles. The van der Waals surface area contributed by atoms with E-state index in [9.17, 15) is 4.79 Å². The number of aromatic nitrogens is 6. The molecule has 1 aromatic carbocycles. The molecule has 7 rings (SSSR count). The van der Waals surface area contributed by atoms with Gasteiger partial charge in [-0.25, -0.2) is 0 Å². The lowest BCUT2D eigenvalue weighted by atomic mass is 9.60. The van der Waals surface area contributed by atoms with E-state index in [1.807, 2.05) is 30.3 Å². The first-order valence-corrected chi connectivity index (χ1v) is 15.5. The van der Waals surface area contributed by atoms with Crippen LogP contribution in [0.2, 0.25) is 5.02 Å². The third kappa shape index (κ3) is 4.32. The molecule has 1 N–H and O–H groups in total. The van der Waals surface area contributed by atoms with Gasteiger partial charge in [-0.3, -0.25) is 14.6 Å². The summed E-state index contributed by atoms with van der Waals surface area (Å²) in [4.78, 5) is 18.9. The monoisotopic (exact) mass is 599 g/mol. The molecule has 0 bridgehead atoms. The average molecular weight is 600 g/mol. The smallest absolute Gasteiger partial charge is 0.245 e. The molecule has 1 amide bonds. The Bertz CT molecular complexity index is 1720. The number of H-pyrrole nitrogens is 1. The molecule has 1 aliphatic carbocycles. The van der Waals surface area contributed by atoms with Gasteiger partial charge in [0.2, 0.25) is 5.91 Å². The van der Waals surface area contributed by atoms with Crippen molar-refractivity contribution in [3.8, 4) is 11.1 Å². The molecular formula is C32H38ClN9O. The molecule has 10 nitrogen and oxygen atoms in total. The number of rotatable bonds is 6. The molecule has 3 aliphatic rings. The van der Waals surface area contributed by atoms with Crippen LogP contribution in [0.25, 0.3) is 22.0 Å². The zero-order valence-corrected chi connectivity index (χ0v) is 26.0. The first-order valence-electron chi connectivity index (χ1n) is 15.1. The highest BCUT2D eigenvalue weighted by Gasteiger charge is 2.54. The van der Waals surface area contributed by atoms with Crippen molar-refractivity contribution < 1.29 is 4.79 Å². The van der Waals surface area contributed by atoms with Crippen molar-refractivity contribution in [2.75, 3.05) is 42.5 Å². The van der Waals surface area contributed by atoms with Crippen LogP contribution in [-0.2, 0) is 4.79 Å². The van der Waals surface area contributed by atoms with E-state index in [-0.39, 0.29) is 22.9 Å². The Hall–Kier alpha value is -3.92. The van der Waals surface area contributed by atoms with Gasteiger partial charge in [-0.1, -0.05) is 25.1 Å². The number of carbonyl (C=O) groups is 1. The minimum atomic E-state index is -0.186. The van der Waals surface area contributed by atoms with Gasteiger partial charge in [0, 0.05) is 60.3 Å². The number of hydrogen-bond donors (Lipinski definition) is 1. The summed E-state index contributed by atoms with van der Waals surface area (Å²) in [6.07, 6.45) is 9.84. The maximum absolute atomic E-state index is 12.1. The van der Waals surface area contributed by atoms with Crippen molar-refractivity contribution in [3.63, 3.8) is 0 Å². The zero-order chi connectivity index (χ0) is 30.1. The van der Waals surface area contributed by atoms with Gasteiger partial charge in [0.25, 0.3) is 0 Å². The van der Waals surface area contributed by atoms with Crippen LogP contribution in [0, 0.1) is 19.3 Å². The van der Waals surface area contributed by atoms with E-state index >= 15 is 0 Å². The minimum Gasteiger partial charge on any atom is -0.366 e. The second kappa shape index (κ2) is 10.1. The fourth-order valence-corrected chi connectivity index (χ4v) is 7.88. The maximum atomic E-state index is 12.1. The fraction of sp³-hybridized carbons (Fsp3) is 0.469. The number of halogens is 1. The Morgan fingerprint density at radius 3 is 2.65 bits per heavy atom. The molecule has 5 heterocycles. The average Bonchev–Trinajstić information content (AvgIpc) is 3.56. The summed E-state index contributed by atoms with van der Waals surface area (Å²) in [6, 6.07) is 4.37. The predicted molar refractivity (Wildman–Crippen MR) is 170 cm³/mol. The van der Waals surface area contributed by atoms with Gasteiger partial charge in [0.1, 0.15) is 0 Å². The summed E-state index contributed by atoms with van der Waals surface area (Å²) < 4.78 is 2.24. The van der Waals surface area contributed by atoms with E-state index < -0.39 is 0 Å². The van der Waals surface area contributed by atoms with Gasteiger partial charge in [0.15, 0.2) is 5.82 Å². The SMILES string of the molecule is C=CC(=O)N1CC2(CC(n3nc(N4CCN(c5ccnnc5)CC4(C)CC)c(-c4c(Cl)c(C)cc5[nH]ncc45)c3C)C2)C1. The van der Waals surface area contributed by atoms with Gasteiger partial charge in [-0.2, -0.15) is 20.4 Å². The normalized spacial score (nSPS) is 21.7. The number of benzene rings is 1. The highest BCUT2D eigenvalue weighted by molar-refractivity contribution is 6.36. The fourth-order valence-electron chi connectivity index (χ4n) is 7.63. The summed E-state index contributed by atoms with van der Waals surface area (Å²) in [6.45, 7) is 16.5. The summed E-state index contributed by atoms with van der Waals surface area (Å²) >= 11 is 7.16. The first-order chi connectivity index (χ1) is 20.7. The quantitative estimate of drug-likeness (QED) is 0.299.